The van der Waals surface area contributed by atoms with E-state index >= 15 is 0 Å². The van der Waals surface area contributed by atoms with Gasteiger partial charge in [0.15, 0.2) is 0 Å². The average Bonchev–Trinajstić information content (AvgIpc) is 2.61. The molecule has 2 amide bonds. The van der Waals surface area contributed by atoms with Gasteiger partial charge in [0, 0.05) is 12.1 Å². The van der Waals surface area contributed by atoms with Crippen LogP contribution in [-0.4, -0.2) is 39.5 Å². The molecule has 152 valence electrons. The van der Waals surface area contributed by atoms with E-state index in [-0.39, 0.29) is 35.1 Å². The number of amides is 2. The van der Waals surface area contributed by atoms with E-state index in [4.69, 9.17) is 5.73 Å². The Kier molecular flexibility index (Phi) is 6.43. The van der Waals surface area contributed by atoms with Gasteiger partial charge in [0.05, 0.1) is 11.1 Å². The molecule has 2 rings (SSSR count). The lowest BCUT2D eigenvalue weighted by Crippen LogP contribution is -2.61. The second kappa shape index (κ2) is 8.41. The Morgan fingerprint density at radius 3 is 1.89 bits per heavy atom. The fourth-order valence-corrected chi connectivity index (χ4v) is 3.77. The van der Waals surface area contributed by atoms with E-state index in [1.165, 1.54) is 17.0 Å². The van der Waals surface area contributed by atoms with Crippen molar-refractivity contribution in [2.75, 3.05) is 4.90 Å². The summed E-state index contributed by atoms with van der Waals surface area (Å²) in [5.74, 6) is -3.70. The van der Waals surface area contributed by atoms with Gasteiger partial charge in [0.2, 0.25) is 11.8 Å². The predicted octanol–water partition coefficient (Wildman–Crippen LogP) is 2.65. The van der Waals surface area contributed by atoms with Crippen molar-refractivity contribution < 1.29 is 29.4 Å². The van der Waals surface area contributed by atoms with Crippen LogP contribution in [0.5, 0.6) is 0 Å². The van der Waals surface area contributed by atoms with E-state index in [1.54, 1.807) is 0 Å². The van der Waals surface area contributed by atoms with Crippen molar-refractivity contribution in [2.45, 2.75) is 57.9 Å². The monoisotopic (exact) mass is 390 g/mol. The van der Waals surface area contributed by atoms with Crippen LogP contribution in [0.4, 0.5) is 5.69 Å². The number of nitrogens with two attached hydrogens (primary N) is 1. The maximum absolute atomic E-state index is 13.1. The SMILES string of the molecule is CC(C)CC(=O)N(c1cc(C(=O)O)cc(C(=O)O)c1)C1(C(N)=O)CCCCC1. The van der Waals surface area contributed by atoms with Gasteiger partial charge in [-0.3, -0.25) is 14.5 Å². The largest absolute Gasteiger partial charge is 0.478 e. The molecule has 8 heteroatoms. The van der Waals surface area contributed by atoms with Crippen LogP contribution >= 0.6 is 0 Å². The third-order valence-electron chi connectivity index (χ3n) is 5.07. The third-order valence-corrected chi connectivity index (χ3v) is 5.07. The third kappa shape index (κ3) is 4.32. The van der Waals surface area contributed by atoms with Crippen molar-refractivity contribution in [1.29, 1.82) is 0 Å². The van der Waals surface area contributed by atoms with Crippen molar-refractivity contribution in [3.05, 3.63) is 29.3 Å². The molecule has 0 spiro atoms. The number of nitrogens with zero attached hydrogens (tertiary/aromatic N) is 1. The van der Waals surface area contributed by atoms with E-state index in [1.807, 2.05) is 13.8 Å². The van der Waals surface area contributed by atoms with Crippen molar-refractivity contribution in [1.82, 2.24) is 0 Å². The molecule has 0 saturated heterocycles. The molecule has 28 heavy (non-hydrogen) atoms. The minimum Gasteiger partial charge on any atom is -0.478 e. The van der Waals surface area contributed by atoms with Crippen molar-refractivity contribution in [3.63, 3.8) is 0 Å². The van der Waals surface area contributed by atoms with Gasteiger partial charge in [-0.25, -0.2) is 9.59 Å². The highest BCUT2D eigenvalue weighted by Gasteiger charge is 2.46. The first kappa shape index (κ1) is 21.4. The van der Waals surface area contributed by atoms with Crippen LogP contribution in [-0.2, 0) is 9.59 Å². The molecule has 1 aliphatic carbocycles. The zero-order valence-electron chi connectivity index (χ0n) is 16.1. The summed E-state index contributed by atoms with van der Waals surface area (Å²) in [6.07, 6.45) is 3.11. The van der Waals surface area contributed by atoms with Crippen LogP contribution < -0.4 is 10.6 Å². The number of anilines is 1. The second-order valence-electron chi connectivity index (χ2n) is 7.66. The number of hydrogen-bond donors (Lipinski definition) is 3. The quantitative estimate of drug-likeness (QED) is 0.654. The maximum Gasteiger partial charge on any atom is 0.335 e. The zero-order chi connectivity index (χ0) is 21.1. The average molecular weight is 390 g/mol. The van der Waals surface area contributed by atoms with Crippen molar-refractivity contribution in [2.24, 2.45) is 11.7 Å². The molecule has 1 aliphatic rings. The van der Waals surface area contributed by atoms with E-state index in [0.717, 1.165) is 12.5 Å². The molecular weight excluding hydrogens is 364 g/mol. The van der Waals surface area contributed by atoms with Crippen LogP contribution in [0.25, 0.3) is 0 Å². The molecule has 1 fully saturated rings. The number of rotatable bonds is 7. The summed E-state index contributed by atoms with van der Waals surface area (Å²) in [7, 11) is 0. The highest BCUT2D eigenvalue weighted by Crippen LogP contribution is 2.38. The number of benzene rings is 1. The number of primary amides is 1. The highest BCUT2D eigenvalue weighted by atomic mass is 16.4. The van der Waals surface area contributed by atoms with E-state index < -0.39 is 23.4 Å². The smallest absolute Gasteiger partial charge is 0.335 e. The molecule has 8 nitrogen and oxygen atoms in total. The highest BCUT2D eigenvalue weighted by molar-refractivity contribution is 6.05. The summed E-state index contributed by atoms with van der Waals surface area (Å²) in [5, 5.41) is 18.8. The van der Waals surface area contributed by atoms with Crippen molar-refractivity contribution >= 4 is 29.4 Å². The molecule has 0 atom stereocenters. The topological polar surface area (TPSA) is 138 Å². The Hall–Kier alpha value is -2.90. The molecule has 0 bridgehead atoms. The van der Waals surface area contributed by atoms with Gasteiger partial charge in [-0.05, 0) is 37.0 Å². The van der Waals surface area contributed by atoms with Crippen LogP contribution in [0.2, 0.25) is 0 Å². The molecule has 1 saturated carbocycles. The fraction of sp³-hybridized carbons (Fsp3) is 0.500. The van der Waals surface area contributed by atoms with E-state index in [2.05, 4.69) is 0 Å². The number of carbonyl (C=O) groups excluding carboxylic acids is 2. The van der Waals surface area contributed by atoms with Crippen LogP contribution in [0.3, 0.4) is 0 Å². The second-order valence-corrected chi connectivity index (χ2v) is 7.66. The van der Waals surface area contributed by atoms with E-state index in [0.29, 0.717) is 25.7 Å². The Bertz CT molecular complexity index is 764. The minimum atomic E-state index is -1.32. The number of hydrogen-bond acceptors (Lipinski definition) is 4. The molecular formula is C20H26N2O6. The molecule has 4 N–H and O–H groups in total. The Labute approximate surface area is 163 Å². The standard InChI is InChI=1S/C20H26N2O6/c1-12(2)8-16(23)22(20(19(21)28)6-4-3-5-7-20)15-10-13(17(24)25)9-14(11-15)18(26)27/h9-12H,3-8H2,1-2H3,(H2,21,28)(H,24,25)(H,26,27). The predicted molar refractivity (Wildman–Crippen MR) is 102 cm³/mol. The Morgan fingerprint density at radius 1 is 1.00 bits per heavy atom. The normalized spacial score (nSPS) is 15.8. The van der Waals surface area contributed by atoms with Crippen LogP contribution in [0.1, 0.15) is 73.1 Å². The van der Waals surface area contributed by atoms with Gasteiger partial charge in [-0.1, -0.05) is 33.1 Å². The molecule has 0 heterocycles. The van der Waals surface area contributed by atoms with Crippen LogP contribution in [0, 0.1) is 5.92 Å². The lowest BCUT2D eigenvalue weighted by atomic mass is 9.78. The van der Waals surface area contributed by atoms with Gasteiger partial charge >= 0.3 is 11.9 Å². The van der Waals surface area contributed by atoms with Gasteiger partial charge in [0.1, 0.15) is 5.54 Å². The summed E-state index contributed by atoms with van der Waals surface area (Å²) in [4.78, 5) is 49.9. The molecule has 0 aliphatic heterocycles. The van der Waals surface area contributed by atoms with Crippen LogP contribution in [0.15, 0.2) is 18.2 Å². The summed E-state index contributed by atoms with van der Waals surface area (Å²) >= 11 is 0. The summed E-state index contributed by atoms with van der Waals surface area (Å²) in [6.45, 7) is 3.70. The number of carboxylic acid groups (broad SMARTS) is 2. The molecule has 0 aromatic heterocycles. The first-order valence-corrected chi connectivity index (χ1v) is 9.33. The number of aromatic carboxylic acids is 2. The lowest BCUT2D eigenvalue weighted by Gasteiger charge is -2.44. The molecule has 0 unspecified atom stereocenters. The van der Waals surface area contributed by atoms with E-state index in [9.17, 15) is 29.4 Å². The first-order valence-electron chi connectivity index (χ1n) is 9.33. The van der Waals surface area contributed by atoms with Gasteiger partial charge < -0.3 is 15.9 Å². The number of carboxylic acids is 2. The fourth-order valence-electron chi connectivity index (χ4n) is 3.77. The Balaban J connectivity index is 2.71. The molecule has 0 radical (unpaired) electrons. The lowest BCUT2D eigenvalue weighted by molar-refractivity contribution is -0.129. The Morgan fingerprint density at radius 2 is 1.50 bits per heavy atom. The van der Waals surface area contributed by atoms with Gasteiger partial charge in [-0.15, -0.1) is 0 Å². The van der Waals surface area contributed by atoms with Crippen molar-refractivity contribution in [3.8, 4) is 0 Å². The summed E-state index contributed by atoms with van der Waals surface area (Å²) in [5.41, 5.74) is 3.98. The first-order chi connectivity index (χ1) is 13.1. The van der Waals surface area contributed by atoms with Gasteiger partial charge in [0.25, 0.3) is 0 Å². The molecule has 1 aromatic carbocycles. The number of carbonyl (C=O) groups is 4. The maximum atomic E-state index is 13.1. The summed E-state index contributed by atoms with van der Waals surface area (Å²) in [6, 6.07) is 3.48. The zero-order valence-corrected chi connectivity index (χ0v) is 16.1. The molecule has 1 aromatic rings. The minimum absolute atomic E-state index is 0.00915. The van der Waals surface area contributed by atoms with Gasteiger partial charge in [-0.2, -0.15) is 0 Å². The summed E-state index contributed by atoms with van der Waals surface area (Å²) < 4.78 is 0.